The molecule has 0 saturated heterocycles. The molecule has 4 heterocycles. The van der Waals surface area contributed by atoms with Gasteiger partial charge in [0.05, 0.1) is 33.4 Å². The highest BCUT2D eigenvalue weighted by Crippen LogP contribution is 2.51. The zero-order chi connectivity index (χ0) is 42.8. The fraction of sp³-hybridized carbons (Fsp3) is 0.0690. The first-order chi connectivity index (χ1) is 31.5. The standard InChI is InChI=1S/C58H38F2N2O2/c1-3-37-51(33-21-25-35(59)26-22-33)56(62-48-18-10-6-14-40(48)44-30-32-46-42-16-8-12-20-50(42)64-58(46)55(44)62)52(34-23-27-36(60)28-24-34)38(4-2)53(37)61-47-17-9-5-13-39(47)43-29-31-45-41-15-7-11-19-49(41)63-57(45)54(43)61/h5-32H,3-4H2,1-2H3. The van der Waals surface area contributed by atoms with Crippen molar-refractivity contribution in [2.45, 2.75) is 26.7 Å². The van der Waals surface area contributed by atoms with E-state index in [9.17, 15) is 0 Å². The van der Waals surface area contributed by atoms with E-state index in [1.807, 2.05) is 54.6 Å². The Morgan fingerprint density at radius 1 is 0.375 bits per heavy atom. The first-order valence-electron chi connectivity index (χ1n) is 21.9. The highest BCUT2D eigenvalue weighted by atomic mass is 19.1. The maximum absolute atomic E-state index is 15.2. The molecule has 6 heteroatoms. The van der Waals surface area contributed by atoms with Crippen molar-refractivity contribution in [2.24, 2.45) is 0 Å². The third kappa shape index (κ3) is 5.02. The summed E-state index contributed by atoms with van der Waals surface area (Å²) in [6, 6.07) is 56.0. The monoisotopic (exact) mass is 832 g/mol. The van der Waals surface area contributed by atoms with Gasteiger partial charge in [-0.05, 0) is 95.8 Å². The lowest BCUT2D eigenvalue weighted by molar-refractivity contribution is 0.627. The molecular weight excluding hydrogens is 795 g/mol. The van der Waals surface area contributed by atoms with E-state index in [1.54, 1.807) is 24.3 Å². The van der Waals surface area contributed by atoms with Crippen LogP contribution in [0.1, 0.15) is 25.0 Å². The Kier molecular flexibility index (Phi) is 7.89. The van der Waals surface area contributed by atoms with Crippen molar-refractivity contribution in [1.29, 1.82) is 0 Å². The number of hydrogen-bond acceptors (Lipinski definition) is 2. The predicted octanol–water partition coefficient (Wildman–Crippen LogP) is 16.4. The number of furan rings is 2. The van der Waals surface area contributed by atoms with E-state index in [-0.39, 0.29) is 11.6 Å². The zero-order valence-electron chi connectivity index (χ0n) is 35.0. The quantitative estimate of drug-likeness (QED) is 0.167. The number of para-hydroxylation sites is 4. The third-order valence-corrected chi connectivity index (χ3v) is 13.4. The number of benzene rings is 9. The van der Waals surface area contributed by atoms with Crippen LogP contribution >= 0.6 is 0 Å². The summed E-state index contributed by atoms with van der Waals surface area (Å²) >= 11 is 0. The molecular formula is C58H38F2N2O2. The van der Waals surface area contributed by atoms with Gasteiger partial charge in [0, 0.05) is 54.2 Å². The van der Waals surface area contributed by atoms with Crippen molar-refractivity contribution < 1.29 is 17.6 Å². The van der Waals surface area contributed by atoms with Gasteiger partial charge >= 0.3 is 0 Å². The van der Waals surface area contributed by atoms with Crippen molar-refractivity contribution in [3.05, 3.63) is 193 Å². The van der Waals surface area contributed by atoms with Gasteiger partial charge in [0.15, 0.2) is 11.2 Å². The van der Waals surface area contributed by atoms with E-state index in [1.165, 1.54) is 0 Å². The lowest BCUT2D eigenvalue weighted by Gasteiger charge is -2.29. The minimum absolute atomic E-state index is 0.317. The van der Waals surface area contributed by atoms with Crippen LogP contribution in [0.15, 0.2) is 179 Å². The first-order valence-corrected chi connectivity index (χ1v) is 21.9. The van der Waals surface area contributed by atoms with Gasteiger partial charge in [0.1, 0.15) is 22.8 Å². The fourth-order valence-corrected chi connectivity index (χ4v) is 10.8. The highest BCUT2D eigenvalue weighted by molar-refractivity contribution is 6.24. The number of halogens is 2. The van der Waals surface area contributed by atoms with E-state index in [0.717, 1.165) is 132 Å². The van der Waals surface area contributed by atoms with Crippen LogP contribution in [0.2, 0.25) is 0 Å². The van der Waals surface area contributed by atoms with Gasteiger partial charge in [-0.25, -0.2) is 8.78 Å². The second kappa shape index (κ2) is 13.8. The minimum atomic E-state index is -0.317. The SMILES string of the molecule is CCc1c(-c2ccc(F)cc2)c(-n2c3ccccc3c3ccc4c5ccccc5oc4c32)c(-c2ccc(F)cc2)c(CC)c1-n1c2ccccc2c2ccc3c4ccccc4oc3c21. The molecule has 0 unspecified atom stereocenters. The van der Waals surface area contributed by atoms with Gasteiger partial charge < -0.3 is 18.0 Å². The molecule has 0 atom stereocenters. The van der Waals surface area contributed by atoms with Gasteiger partial charge in [-0.15, -0.1) is 0 Å². The Labute approximate surface area is 365 Å². The largest absolute Gasteiger partial charge is 0.454 e. The maximum atomic E-state index is 15.2. The second-order valence-corrected chi connectivity index (χ2v) is 16.7. The summed E-state index contributed by atoms with van der Waals surface area (Å²) in [6.45, 7) is 4.42. The Hall–Kier alpha value is -7.96. The molecule has 13 rings (SSSR count). The summed E-state index contributed by atoms with van der Waals surface area (Å²) in [5, 5.41) is 8.46. The molecule has 4 aromatic heterocycles. The lowest BCUT2D eigenvalue weighted by atomic mass is 9.84. The van der Waals surface area contributed by atoms with Crippen molar-refractivity contribution in [2.75, 3.05) is 0 Å². The Morgan fingerprint density at radius 3 is 1.19 bits per heavy atom. The van der Waals surface area contributed by atoms with Crippen molar-refractivity contribution in [3.63, 3.8) is 0 Å². The smallest absolute Gasteiger partial charge is 0.160 e. The lowest BCUT2D eigenvalue weighted by Crippen LogP contribution is -2.13. The summed E-state index contributed by atoms with van der Waals surface area (Å²) in [6.07, 6.45) is 1.26. The van der Waals surface area contributed by atoms with Gasteiger partial charge in [0.25, 0.3) is 0 Å². The van der Waals surface area contributed by atoms with E-state index in [4.69, 9.17) is 8.83 Å². The molecule has 64 heavy (non-hydrogen) atoms. The van der Waals surface area contributed by atoms with Crippen LogP contribution in [0.5, 0.6) is 0 Å². The van der Waals surface area contributed by atoms with E-state index in [2.05, 4.69) is 114 Å². The van der Waals surface area contributed by atoms with Gasteiger partial charge in [0.2, 0.25) is 0 Å². The van der Waals surface area contributed by atoms with Crippen LogP contribution in [0.4, 0.5) is 8.78 Å². The third-order valence-electron chi connectivity index (χ3n) is 13.4. The topological polar surface area (TPSA) is 36.1 Å². The Bertz CT molecular complexity index is 3980. The molecule has 9 aromatic carbocycles. The van der Waals surface area contributed by atoms with Crippen molar-refractivity contribution in [1.82, 2.24) is 9.13 Å². The Balaban J connectivity index is 1.31. The molecule has 0 fully saturated rings. The number of rotatable bonds is 6. The molecule has 0 bridgehead atoms. The van der Waals surface area contributed by atoms with Gasteiger partial charge in [-0.1, -0.05) is 123 Å². The molecule has 0 radical (unpaired) electrons. The van der Waals surface area contributed by atoms with E-state index < -0.39 is 0 Å². The molecule has 13 aromatic rings. The summed E-state index contributed by atoms with van der Waals surface area (Å²) in [4.78, 5) is 0. The van der Waals surface area contributed by atoms with Crippen LogP contribution in [-0.4, -0.2) is 9.13 Å². The number of fused-ring (bicyclic) bond motifs is 14. The van der Waals surface area contributed by atoms with Crippen LogP contribution in [0, 0.1) is 11.6 Å². The summed E-state index contributed by atoms with van der Waals surface area (Å²) in [5.41, 5.74) is 14.9. The van der Waals surface area contributed by atoms with E-state index in [0.29, 0.717) is 12.8 Å². The average molecular weight is 833 g/mol. The zero-order valence-corrected chi connectivity index (χ0v) is 35.0. The van der Waals surface area contributed by atoms with Gasteiger partial charge in [-0.3, -0.25) is 0 Å². The van der Waals surface area contributed by atoms with Gasteiger partial charge in [-0.2, -0.15) is 0 Å². The molecule has 0 aliphatic heterocycles. The maximum Gasteiger partial charge on any atom is 0.160 e. The Morgan fingerprint density at radius 2 is 0.750 bits per heavy atom. The molecule has 0 spiro atoms. The molecule has 0 aliphatic rings. The van der Waals surface area contributed by atoms with Crippen LogP contribution in [-0.2, 0) is 12.8 Å². The molecule has 0 amide bonds. The van der Waals surface area contributed by atoms with Crippen molar-refractivity contribution >= 4 is 87.5 Å². The normalized spacial score (nSPS) is 12.2. The molecule has 0 aliphatic carbocycles. The average Bonchev–Trinajstić information content (AvgIpc) is 4.09. The minimum Gasteiger partial charge on any atom is -0.454 e. The van der Waals surface area contributed by atoms with Crippen LogP contribution in [0.3, 0.4) is 0 Å². The second-order valence-electron chi connectivity index (χ2n) is 16.7. The number of hydrogen-bond donors (Lipinski definition) is 0. The molecule has 4 nitrogen and oxygen atoms in total. The van der Waals surface area contributed by atoms with Crippen molar-refractivity contribution in [3.8, 4) is 33.6 Å². The summed E-state index contributed by atoms with van der Waals surface area (Å²) in [5.74, 6) is -0.633. The summed E-state index contributed by atoms with van der Waals surface area (Å²) in [7, 11) is 0. The number of aromatic nitrogens is 2. The first kappa shape index (κ1) is 36.7. The van der Waals surface area contributed by atoms with E-state index >= 15 is 8.78 Å². The summed E-state index contributed by atoms with van der Waals surface area (Å²) < 4.78 is 48.9. The number of nitrogens with zero attached hydrogens (tertiary/aromatic N) is 2. The predicted molar refractivity (Wildman–Crippen MR) is 259 cm³/mol. The van der Waals surface area contributed by atoms with Crippen LogP contribution < -0.4 is 0 Å². The molecule has 0 saturated carbocycles. The highest BCUT2D eigenvalue weighted by Gasteiger charge is 2.32. The van der Waals surface area contributed by atoms with Crippen LogP contribution in [0.25, 0.3) is 121 Å². The molecule has 0 N–H and O–H groups in total. The molecule has 306 valence electrons. The fourth-order valence-electron chi connectivity index (χ4n) is 10.8.